The molecule has 0 radical (unpaired) electrons. The number of halogens is 5. The van der Waals surface area contributed by atoms with Crippen LogP contribution < -0.4 is 10.9 Å². The molecule has 5 nitrogen and oxygen atoms in total. The summed E-state index contributed by atoms with van der Waals surface area (Å²) in [5, 5.41) is 3.05. The number of benzene rings is 1. The highest BCUT2D eigenvalue weighted by Crippen LogP contribution is 2.75. The lowest BCUT2D eigenvalue weighted by atomic mass is 9.53. The molecule has 4 aliphatic carbocycles. The van der Waals surface area contributed by atoms with E-state index in [1.807, 2.05) is 22.6 Å². The lowest BCUT2D eigenvalue weighted by Gasteiger charge is -2.54. The molecule has 7 rings (SSSR count). The maximum Gasteiger partial charge on any atom is 0.264 e. The molecule has 43 heavy (non-hydrogen) atoms. The lowest BCUT2D eigenvalue weighted by Crippen LogP contribution is -2.53. The molecule has 4 unspecified atom stereocenters. The molecule has 1 N–H and O–H groups in total. The number of rotatable bonds is 8. The summed E-state index contributed by atoms with van der Waals surface area (Å²) in [4.78, 5) is 30.1. The number of nitrogens with one attached hydrogen (secondary N) is 1. The normalized spacial score (nSPS) is 36.9. The number of hydrogen-bond acceptors (Lipinski definition) is 3. The Morgan fingerprint density at radius 1 is 1.14 bits per heavy atom. The third-order valence-corrected chi connectivity index (χ3v) is 14.1. The first-order chi connectivity index (χ1) is 20.4. The molecule has 4 saturated carbocycles. The Balaban J connectivity index is 1.25. The fraction of sp³-hybridized carbons (Fsp3) is 0.636. The number of pyridine rings is 1. The second kappa shape index (κ2) is 11.0. The molecular formula is C33H38F3I2N3O2. The largest absolute Gasteiger partial charge is 0.345 e. The highest BCUT2D eigenvalue weighted by molar-refractivity contribution is 14.1. The van der Waals surface area contributed by atoms with Crippen molar-refractivity contribution < 1.29 is 18.0 Å². The first-order valence-corrected chi connectivity index (χ1v) is 17.7. The summed E-state index contributed by atoms with van der Waals surface area (Å²) in [5.74, 6) is 2.96. The smallest absolute Gasteiger partial charge is 0.264 e. The molecule has 10 heteroatoms. The number of likely N-dealkylation sites (tertiary alicyclic amines) is 1. The maximum absolute atomic E-state index is 15.2. The van der Waals surface area contributed by atoms with Crippen LogP contribution in [-0.4, -0.2) is 39.2 Å². The second-order valence-corrected chi connectivity index (χ2v) is 17.0. The fourth-order valence-corrected chi connectivity index (χ4v) is 11.5. The highest BCUT2D eigenvalue weighted by Gasteiger charge is 2.69. The molecule has 5 aliphatic rings. The standard InChI is InChI=1S/C33H38F3I2N3O2/c1-17(22-4-3-5-23(29(22)37)30(34)35)39-31(43)24-16-41(26-8-9-33(26,36)38)27(42)11-20(24)12-32(13-21-10-25(21)32)28-18-6-7-19(28)15-40(2)14-18/h3-5,11,16-19,21,25-26,28,30H,6-10,12-15H2,1-2H3,(H,39,43)/t17-,18-,19+,21?,25?,26-,28?,32-,33?/m1/s1. The van der Waals surface area contributed by atoms with Gasteiger partial charge < -0.3 is 14.8 Å². The number of hydrogen-bond donors (Lipinski definition) is 1. The minimum Gasteiger partial charge on any atom is -0.345 e. The van der Waals surface area contributed by atoms with Gasteiger partial charge in [-0.15, -0.1) is 0 Å². The number of carbonyl (C=O) groups excluding carboxylic acids is 1. The second-order valence-electron chi connectivity index (χ2n) is 14.1. The minimum atomic E-state index is -2.61. The molecule has 1 aromatic carbocycles. The number of amides is 1. The van der Waals surface area contributed by atoms with Crippen molar-refractivity contribution in [3.05, 3.63) is 66.6 Å². The number of aromatic nitrogens is 1. The van der Waals surface area contributed by atoms with E-state index in [-0.39, 0.29) is 22.4 Å². The Kier molecular flexibility index (Phi) is 7.79. The van der Waals surface area contributed by atoms with Crippen molar-refractivity contribution in [3.8, 4) is 0 Å². The summed E-state index contributed by atoms with van der Waals surface area (Å²) in [6.07, 6.45) is 5.48. The molecule has 2 heterocycles. The van der Waals surface area contributed by atoms with Gasteiger partial charge in [0, 0.05) is 34.5 Å². The molecule has 5 fully saturated rings. The van der Waals surface area contributed by atoms with Gasteiger partial charge in [0.2, 0.25) is 0 Å². The Bertz CT molecular complexity index is 1500. The lowest BCUT2D eigenvalue weighted by molar-refractivity contribution is -0.0465. The number of fused-ring (bicyclic) bond motifs is 3. The predicted octanol–water partition coefficient (Wildman–Crippen LogP) is 7.47. The van der Waals surface area contributed by atoms with E-state index < -0.39 is 22.2 Å². The summed E-state index contributed by atoms with van der Waals surface area (Å²) >= 11 is 3.71. The molecule has 2 aromatic rings. The van der Waals surface area contributed by atoms with Gasteiger partial charge in [-0.3, -0.25) is 9.59 Å². The summed E-state index contributed by atoms with van der Waals surface area (Å²) < 4.78 is 42.7. The van der Waals surface area contributed by atoms with E-state index >= 15 is 4.39 Å². The Labute approximate surface area is 278 Å². The van der Waals surface area contributed by atoms with E-state index in [1.54, 1.807) is 53.9 Å². The van der Waals surface area contributed by atoms with Crippen LogP contribution in [0.5, 0.6) is 0 Å². The summed E-state index contributed by atoms with van der Waals surface area (Å²) in [6, 6.07) is 5.22. The van der Waals surface area contributed by atoms with Crippen LogP contribution in [0.3, 0.4) is 0 Å². The first kappa shape index (κ1) is 30.5. The minimum absolute atomic E-state index is 0.0570. The van der Waals surface area contributed by atoms with Crippen LogP contribution >= 0.6 is 45.2 Å². The average molecular weight is 819 g/mol. The molecule has 0 spiro atoms. The van der Waals surface area contributed by atoms with Gasteiger partial charge in [-0.1, -0.05) is 18.2 Å². The van der Waals surface area contributed by atoms with Gasteiger partial charge in [-0.25, -0.2) is 13.2 Å². The van der Waals surface area contributed by atoms with E-state index in [4.69, 9.17) is 0 Å². The van der Waals surface area contributed by atoms with Crippen LogP contribution in [0.25, 0.3) is 0 Å². The topological polar surface area (TPSA) is 54.3 Å². The molecule has 232 valence electrons. The van der Waals surface area contributed by atoms with Crippen LogP contribution in [0, 0.1) is 38.6 Å². The summed E-state index contributed by atoms with van der Waals surface area (Å²) in [6.45, 7) is 4.01. The van der Waals surface area contributed by atoms with Gasteiger partial charge in [-0.2, -0.15) is 0 Å². The van der Waals surface area contributed by atoms with E-state index in [0.29, 0.717) is 57.6 Å². The van der Waals surface area contributed by atoms with Crippen LogP contribution in [0.2, 0.25) is 0 Å². The van der Waals surface area contributed by atoms with E-state index in [1.165, 1.54) is 29.9 Å². The SMILES string of the molecule is C[C@@H](NC(=O)c1cn([C@@H]2CCC2(F)I)c(=O)cc1C[C@@]1(C2[C@@H]3CC[C@H]2CN(C)C3)CC2CC21)c1cccc(C(F)F)c1I. The number of nitrogens with zero attached hydrogens (tertiary/aromatic N) is 2. The Morgan fingerprint density at radius 3 is 2.40 bits per heavy atom. The molecule has 1 saturated heterocycles. The van der Waals surface area contributed by atoms with E-state index in [2.05, 4.69) is 17.3 Å². The van der Waals surface area contributed by atoms with Gasteiger partial charge in [0.15, 0.2) is 3.68 Å². The highest BCUT2D eigenvalue weighted by atomic mass is 127. The van der Waals surface area contributed by atoms with Crippen molar-refractivity contribution in [2.45, 2.75) is 74.1 Å². The van der Waals surface area contributed by atoms with Crippen molar-refractivity contribution in [2.75, 3.05) is 20.1 Å². The summed E-state index contributed by atoms with van der Waals surface area (Å²) in [5.41, 5.74) is 1.57. The van der Waals surface area contributed by atoms with Gasteiger partial charge in [0.1, 0.15) is 0 Å². The van der Waals surface area contributed by atoms with Crippen LogP contribution in [0.1, 0.15) is 91.0 Å². The zero-order chi connectivity index (χ0) is 30.4. The summed E-state index contributed by atoms with van der Waals surface area (Å²) in [7, 11) is 2.22. The van der Waals surface area contributed by atoms with Gasteiger partial charge >= 0.3 is 0 Å². The predicted molar refractivity (Wildman–Crippen MR) is 176 cm³/mol. The zero-order valence-electron chi connectivity index (χ0n) is 24.5. The molecular weight excluding hydrogens is 781 g/mol. The van der Waals surface area contributed by atoms with Crippen LogP contribution in [-0.2, 0) is 6.42 Å². The Hall–Kier alpha value is -1.15. The van der Waals surface area contributed by atoms with Gasteiger partial charge in [-0.05, 0) is 150 Å². The average Bonchev–Trinajstić information content (AvgIpc) is 3.54. The fourth-order valence-electron chi connectivity index (χ4n) is 9.55. The van der Waals surface area contributed by atoms with Crippen molar-refractivity contribution in [2.24, 2.45) is 35.0 Å². The molecule has 2 bridgehead atoms. The quantitative estimate of drug-likeness (QED) is 0.222. The Morgan fingerprint density at radius 2 is 1.84 bits per heavy atom. The van der Waals surface area contributed by atoms with Gasteiger partial charge in [0.25, 0.3) is 17.9 Å². The number of carbonyl (C=O) groups is 1. The number of piperidine rings is 1. The molecule has 9 atom stereocenters. The van der Waals surface area contributed by atoms with Crippen LogP contribution in [0.15, 0.2) is 35.3 Å². The first-order valence-electron chi connectivity index (χ1n) is 15.6. The maximum atomic E-state index is 15.2. The van der Waals surface area contributed by atoms with E-state index in [9.17, 15) is 18.4 Å². The van der Waals surface area contributed by atoms with Crippen molar-refractivity contribution >= 4 is 51.1 Å². The van der Waals surface area contributed by atoms with Crippen LogP contribution in [0.4, 0.5) is 13.2 Å². The molecule has 1 aromatic heterocycles. The third kappa shape index (κ3) is 5.11. The molecule has 1 amide bonds. The third-order valence-electron chi connectivity index (χ3n) is 11.6. The van der Waals surface area contributed by atoms with Crippen molar-refractivity contribution in [1.29, 1.82) is 0 Å². The zero-order valence-corrected chi connectivity index (χ0v) is 28.8. The molecule has 1 aliphatic heterocycles. The van der Waals surface area contributed by atoms with E-state index in [0.717, 1.165) is 31.0 Å². The van der Waals surface area contributed by atoms with Crippen molar-refractivity contribution in [3.63, 3.8) is 0 Å². The van der Waals surface area contributed by atoms with Crippen molar-refractivity contribution in [1.82, 2.24) is 14.8 Å². The number of alkyl halides is 4. The monoisotopic (exact) mass is 819 g/mol. The van der Waals surface area contributed by atoms with Gasteiger partial charge in [0.05, 0.1) is 17.6 Å².